The van der Waals surface area contributed by atoms with Gasteiger partial charge in [-0.2, -0.15) is 0 Å². The maximum atomic E-state index is 13.0. The lowest BCUT2D eigenvalue weighted by atomic mass is 10.00. The Morgan fingerprint density at radius 1 is 1.03 bits per heavy atom. The predicted molar refractivity (Wildman–Crippen MR) is 118 cm³/mol. The second-order valence-electron chi connectivity index (χ2n) is 6.93. The largest absolute Gasteiger partial charge is 0.396 e. The summed E-state index contributed by atoms with van der Waals surface area (Å²) >= 11 is 1.48. The molecule has 1 aromatic carbocycles. The molecule has 1 N–H and O–H groups in total. The lowest BCUT2D eigenvalue weighted by Crippen LogP contribution is -2.31. The minimum Gasteiger partial charge on any atom is -0.396 e. The van der Waals surface area contributed by atoms with Gasteiger partial charge in [-0.1, -0.05) is 24.3 Å². The third kappa shape index (κ3) is 3.86. The van der Waals surface area contributed by atoms with E-state index in [2.05, 4.69) is 16.0 Å². The molecule has 0 aliphatic heterocycles. The highest BCUT2D eigenvalue weighted by molar-refractivity contribution is 7.20. The van der Waals surface area contributed by atoms with Gasteiger partial charge in [0, 0.05) is 66.4 Å². The fraction of sp³-hybridized carbons (Fsp3) is 0.261. The zero-order valence-corrected chi connectivity index (χ0v) is 17.2. The average molecular weight is 406 g/mol. The van der Waals surface area contributed by atoms with E-state index in [4.69, 9.17) is 5.11 Å². The molecule has 3 aromatic heterocycles. The van der Waals surface area contributed by atoms with E-state index in [0.717, 1.165) is 38.4 Å². The fourth-order valence-electron chi connectivity index (χ4n) is 3.59. The number of pyridine rings is 2. The van der Waals surface area contributed by atoms with E-state index in [1.807, 2.05) is 60.9 Å². The minimum absolute atomic E-state index is 0.0358. The van der Waals surface area contributed by atoms with Crippen LogP contribution < -0.4 is 0 Å². The Morgan fingerprint density at radius 3 is 2.59 bits per heavy atom. The number of aromatic nitrogens is 2. The van der Waals surface area contributed by atoms with Gasteiger partial charge in [-0.3, -0.25) is 14.8 Å². The van der Waals surface area contributed by atoms with Crippen molar-refractivity contribution in [1.82, 2.24) is 14.9 Å². The number of benzene rings is 1. The van der Waals surface area contributed by atoms with E-state index < -0.39 is 0 Å². The first-order valence-electron chi connectivity index (χ1n) is 9.83. The topological polar surface area (TPSA) is 66.3 Å². The molecule has 3 heterocycles. The van der Waals surface area contributed by atoms with Gasteiger partial charge in [0.05, 0.1) is 9.58 Å². The normalized spacial score (nSPS) is 11.2. The number of thiophene rings is 1. The highest BCUT2D eigenvalue weighted by atomic mass is 32.1. The molecule has 0 atom stereocenters. The average Bonchev–Trinajstić information content (AvgIpc) is 3.20. The lowest BCUT2D eigenvalue weighted by Gasteiger charge is -2.19. The van der Waals surface area contributed by atoms with E-state index in [0.29, 0.717) is 24.4 Å². The standard InChI is InChI=1S/C23H23N3O2S/c1-2-26(9-5-6-10-27)23(28)21-11-18-20(14-25-15-22(18)29-21)19-13-24-12-16-7-3-4-8-17(16)19/h3-4,7-8,11-15,27H,2,5-6,9-10H2,1H3. The van der Waals surface area contributed by atoms with Gasteiger partial charge in [0.15, 0.2) is 0 Å². The molecular weight excluding hydrogens is 382 g/mol. The van der Waals surface area contributed by atoms with Gasteiger partial charge in [-0.25, -0.2) is 0 Å². The zero-order valence-electron chi connectivity index (χ0n) is 16.3. The number of carbonyl (C=O) groups is 1. The smallest absolute Gasteiger partial charge is 0.263 e. The van der Waals surface area contributed by atoms with Gasteiger partial charge in [0.2, 0.25) is 0 Å². The molecule has 0 unspecified atom stereocenters. The molecule has 0 radical (unpaired) electrons. The van der Waals surface area contributed by atoms with Crippen molar-refractivity contribution in [2.24, 2.45) is 0 Å². The van der Waals surface area contributed by atoms with Crippen molar-refractivity contribution in [3.05, 3.63) is 60.0 Å². The van der Waals surface area contributed by atoms with E-state index in [1.165, 1.54) is 11.3 Å². The number of fused-ring (bicyclic) bond motifs is 2. The summed E-state index contributed by atoms with van der Waals surface area (Å²) in [5, 5.41) is 12.2. The van der Waals surface area contributed by atoms with Crippen LogP contribution in [-0.2, 0) is 0 Å². The Morgan fingerprint density at radius 2 is 1.79 bits per heavy atom. The molecule has 1 amide bonds. The molecule has 0 bridgehead atoms. The number of unbranched alkanes of at least 4 members (excludes halogenated alkanes) is 1. The van der Waals surface area contributed by atoms with Gasteiger partial charge in [-0.05, 0) is 31.2 Å². The van der Waals surface area contributed by atoms with E-state index in [9.17, 15) is 4.79 Å². The molecule has 5 nitrogen and oxygen atoms in total. The van der Waals surface area contributed by atoms with E-state index in [1.54, 1.807) is 0 Å². The second-order valence-corrected chi connectivity index (χ2v) is 8.02. The summed E-state index contributed by atoms with van der Waals surface area (Å²) in [5.41, 5.74) is 2.01. The summed E-state index contributed by atoms with van der Waals surface area (Å²) in [4.78, 5) is 24.4. The van der Waals surface area contributed by atoms with Crippen LogP contribution in [0.3, 0.4) is 0 Å². The number of aliphatic hydroxyl groups is 1. The molecule has 0 saturated carbocycles. The molecule has 29 heavy (non-hydrogen) atoms. The lowest BCUT2D eigenvalue weighted by molar-refractivity contribution is 0.0763. The number of nitrogens with zero attached hydrogens (tertiary/aromatic N) is 3. The van der Waals surface area contributed by atoms with Crippen LogP contribution in [0.5, 0.6) is 0 Å². The Hall–Kier alpha value is -2.83. The molecule has 6 heteroatoms. The van der Waals surface area contributed by atoms with Crippen LogP contribution in [0.1, 0.15) is 29.4 Å². The van der Waals surface area contributed by atoms with E-state index >= 15 is 0 Å². The maximum absolute atomic E-state index is 13.0. The minimum atomic E-state index is 0.0358. The first-order valence-corrected chi connectivity index (χ1v) is 10.7. The summed E-state index contributed by atoms with van der Waals surface area (Å²) < 4.78 is 0.991. The summed E-state index contributed by atoms with van der Waals surface area (Å²) in [7, 11) is 0. The first-order chi connectivity index (χ1) is 14.2. The number of carbonyl (C=O) groups excluding carboxylic acids is 1. The quantitative estimate of drug-likeness (QED) is 0.451. The Balaban J connectivity index is 1.75. The molecular formula is C23H23N3O2S. The van der Waals surface area contributed by atoms with Crippen LogP contribution in [0.4, 0.5) is 0 Å². The van der Waals surface area contributed by atoms with Crippen molar-refractivity contribution < 1.29 is 9.90 Å². The van der Waals surface area contributed by atoms with Crippen molar-refractivity contribution in [2.45, 2.75) is 19.8 Å². The summed E-state index contributed by atoms with van der Waals surface area (Å²) in [5.74, 6) is 0.0358. The van der Waals surface area contributed by atoms with Crippen LogP contribution in [0.25, 0.3) is 32.0 Å². The van der Waals surface area contributed by atoms with Gasteiger partial charge >= 0.3 is 0 Å². The summed E-state index contributed by atoms with van der Waals surface area (Å²) in [6, 6.07) is 10.1. The van der Waals surface area contributed by atoms with Crippen LogP contribution >= 0.6 is 11.3 Å². The number of rotatable bonds is 7. The molecule has 148 valence electrons. The van der Waals surface area contributed by atoms with Crippen molar-refractivity contribution >= 4 is 38.1 Å². The molecule has 4 rings (SSSR count). The number of hydrogen-bond donors (Lipinski definition) is 1. The first kappa shape index (κ1) is 19.5. The molecule has 0 fully saturated rings. The van der Waals surface area contributed by atoms with Crippen molar-refractivity contribution in [3.63, 3.8) is 0 Å². The maximum Gasteiger partial charge on any atom is 0.263 e. The van der Waals surface area contributed by atoms with Crippen molar-refractivity contribution in [3.8, 4) is 11.1 Å². The van der Waals surface area contributed by atoms with E-state index in [-0.39, 0.29) is 12.5 Å². The predicted octanol–water partition coefficient (Wildman–Crippen LogP) is 4.75. The van der Waals surface area contributed by atoms with Crippen LogP contribution in [0, 0.1) is 0 Å². The fourth-order valence-corrected chi connectivity index (χ4v) is 4.61. The second kappa shape index (κ2) is 8.68. The molecule has 0 aliphatic carbocycles. The van der Waals surface area contributed by atoms with Gasteiger partial charge in [0.1, 0.15) is 0 Å². The third-order valence-electron chi connectivity index (χ3n) is 5.12. The van der Waals surface area contributed by atoms with Crippen LogP contribution in [-0.4, -0.2) is 45.6 Å². The SMILES string of the molecule is CCN(CCCCO)C(=O)c1cc2c(-c3cncc4ccccc34)cncc2s1. The Bertz CT molecular complexity index is 1150. The molecule has 0 aliphatic rings. The Kier molecular flexibility index (Phi) is 5.83. The van der Waals surface area contributed by atoms with Crippen molar-refractivity contribution in [2.75, 3.05) is 19.7 Å². The third-order valence-corrected chi connectivity index (χ3v) is 6.18. The monoisotopic (exact) mass is 405 g/mol. The summed E-state index contributed by atoms with van der Waals surface area (Å²) in [6.07, 6.45) is 8.91. The number of hydrogen-bond acceptors (Lipinski definition) is 5. The van der Waals surface area contributed by atoms with Crippen molar-refractivity contribution in [1.29, 1.82) is 0 Å². The highest BCUT2D eigenvalue weighted by Crippen LogP contribution is 2.36. The molecule has 0 saturated heterocycles. The number of amides is 1. The van der Waals surface area contributed by atoms with Gasteiger partial charge in [-0.15, -0.1) is 11.3 Å². The highest BCUT2D eigenvalue weighted by Gasteiger charge is 2.19. The Labute approximate surface area is 173 Å². The molecule has 4 aromatic rings. The molecule has 0 spiro atoms. The van der Waals surface area contributed by atoms with Crippen LogP contribution in [0.15, 0.2) is 55.1 Å². The number of aliphatic hydroxyl groups excluding tert-OH is 1. The zero-order chi connectivity index (χ0) is 20.2. The summed E-state index contributed by atoms with van der Waals surface area (Å²) in [6.45, 7) is 3.45. The van der Waals surface area contributed by atoms with Gasteiger partial charge in [0.25, 0.3) is 5.91 Å². The van der Waals surface area contributed by atoms with Gasteiger partial charge < -0.3 is 10.0 Å². The van der Waals surface area contributed by atoms with Crippen LogP contribution in [0.2, 0.25) is 0 Å².